The van der Waals surface area contributed by atoms with Crippen LogP contribution in [0.3, 0.4) is 0 Å². The van der Waals surface area contributed by atoms with E-state index in [1.165, 1.54) is 31.4 Å². The van der Waals surface area contributed by atoms with Crippen LogP contribution in [0, 0.1) is 0 Å². The lowest BCUT2D eigenvalue weighted by atomic mass is 9.78. The van der Waals surface area contributed by atoms with E-state index >= 15 is 0 Å². The van der Waals surface area contributed by atoms with Gasteiger partial charge in [-0.1, -0.05) is 19.9 Å². The third-order valence-corrected chi connectivity index (χ3v) is 4.60. The zero-order chi connectivity index (χ0) is 18.5. The molecule has 3 heteroatoms. The fraction of sp³-hybridized carbons (Fsp3) is 0.762. The predicted molar refractivity (Wildman–Crippen MR) is 108 cm³/mol. The summed E-state index contributed by atoms with van der Waals surface area (Å²) in [5.74, 6) is 0. The minimum Gasteiger partial charge on any atom is -0.372 e. The Morgan fingerprint density at radius 2 is 1.71 bits per heavy atom. The highest BCUT2D eigenvalue weighted by molar-refractivity contribution is 5.93. The van der Waals surface area contributed by atoms with Crippen molar-refractivity contribution in [2.75, 3.05) is 6.54 Å². The Kier molecular flexibility index (Phi) is 7.27. The SMILES string of the molecule is C=C(C)/N=C(C)\C=C(/C)N(CCCC)C1CC(C)(C)NC(C)(C)C1. The van der Waals surface area contributed by atoms with Crippen molar-refractivity contribution in [3.05, 3.63) is 24.0 Å². The molecule has 1 heterocycles. The Bertz CT molecular complexity index is 481. The largest absolute Gasteiger partial charge is 0.372 e. The van der Waals surface area contributed by atoms with Gasteiger partial charge in [0.05, 0.1) is 0 Å². The van der Waals surface area contributed by atoms with Gasteiger partial charge < -0.3 is 10.2 Å². The minimum absolute atomic E-state index is 0.165. The van der Waals surface area contributed by atoms with Gasteiger partial charge in [0.2, 0.25) is 0 Å². The number of rotatable bonds is 7. The van der Waals surface area contributed by atoms with Crippen molar-refractivity contribution < 1.29 is 0 Å². The second-order valence-corrected chi connectivity index (χ2v) is 8.78. The molecule has 0 amide bonds. The fourth-order valence-electron chi connectivity index (χ4n) is 4.18. The quantitative estimate of drug-likeness (QED) is 0.641. The van der Waals surface area contributed by atoms with Gasteiger partial charge in [-0.05, 0) is 73.8 Å². The van der Waals surface area contributed by atoms with E-state index in [0.717, 1.165) is 18.0 Å². The number of hydrogen-bond donors (Lipinski definition) is 1. The van der Waals surface area contributed by atoms with Crippen molar-refractivity contribution >= 4 is 5.71 Å². The van der Waals surface area contributed by atoms with Crippen molar-refractivity contribution in [2.24, 2.45) is 4.99 Å². The number of nitrogens with one attached hydrogen (secondary N) is 1. The molecule has 1 aliphatic heterocycles. The molecule has 0 aromatic rings. The maximum Gasteiger partial charge on any atom is 0.0392 e. The van der Waals surface area contributed by atoms with E-state index in [9.17, 15) is 0 Å². The van der Waals surface area contributed by atoms with E-state index < -0.39 is 0 Å². The molecule has 1 rings (SSSR count). The van der Waals surface area contributed by atoms with Crippen LogP contribution >= 0.6 is 0 Å². The van der Waals surface area contributed by atoms with Gasteiger partial charge in [-0.3, -0.25) is 4.99 Å². The van der Waals surface area contributed by atoms with Crippen LogP contribution in [0.1, 0.15) is 81.1 Å². The Morgan fingerprint density at radius 1 is 1.17 bits per heavy atom. The van der Waals surface area contributed by atoms with Crippen LogP contribution in [0.5, 0.6) is 0 Å². The van der Waals surface area contributed by atoms with E-state index in [0.29, 0.717) is 6.04 Å². The second-order valence-electron chi connectivity index (χ2n) is 8.78. The third kappa shape index (κ3) is 6.80. The van der Waals surface area contributed by atoms with Gasteiger partial charge in [0, 0.05) is 40.8 Å². The lowest BCUT2D eigenvalue weighted by molar-refractivity contribution is 0.0852. The zero-order valence-corrected chi connectivity index (χ0v) is 17.3. The molecular formula is C21H39N3. The summed E-state index contributed by atoms with van der Waals surface area (Å²) in [5, 5.41) is 3.80. The van der Waals surface area contributed by atoms with E-state index in [1.54, 1.807) is 0 Å². The lowest BCUT2D eigenvalue weighted by Gasteiger charge is -2.50. The number of piperidine rings is 1. The summed E-state index contributed by atoms with van der Waals surface area (Å²) in [6.07, 6.45) is 7.00. The Balaban J connectivity index is 3.07. The van der Waals surface area contributed by atoms with E-state index in [2.05, 4.69) is 76.3 Å². The molecule has 0 aromatic heterocycles. The monoisotopic (exact) mass is 333 g/mol. The standard InChI is InChI=1S/C21H39N3/c1-10-11-12-24(18(5)13-17(4)22-16(2)3)19-14-20(6,7)23-21(8,9)15-19/h13,19,23H,2,10-12,14-15H2,1,3-9H3/b18-13+,22-17-. The van der Waals surface area contributed by atoms with E-state index in [4.69, 9.17) is 0 Å². The molecular weight excluding hydrogens is 294 g/mol. The van der Waals surface area contributed by atoms with Gasteiger partial charge in [0.15, 0.2) is 0 Å². The molecule has 1 fully saturated rings. The first-order valence-electron chi connectivity index (χ1n) is 9.41. The highest BCUT2D eigenvalue weighted by atomic mass is 15.2. The summed E-state index contributed by atoms with van der Waals surface area (Å²) in [4.78, 5) is 7.11. The molecule has 1 N–H and O–H groups in total. The van der Waals surface area contributed by atoms with E-state index in [1.807, 2.05) is 6.92 Å². The molecule has 0 atom stereocenters. The Hall–Kier alpha value is -1.09. The molecule has 138 valence electrons. The second kappa shape index (κ2) is 8.33. The summed E-state index contributed by atoms with van der Waals surface area (Å²) < 4.78 is 0. The van der Waals surface area contributed by atoms with Crippen molar-refractivity contribution in [1.82, 2.24) is 10.2 Å². The highest BCUT2D eigenvalue weighted by Crippen LogP contribution is 2.33. The molecule has 0 spiro atoms. The number of aliphatic imine (C=N–C) groups is 1. The van der Waals surface area contributed by atoms with Crippen molar-refractivity contribution in [2.45, 2.75) is 98.2 Å². The van der Waals surface area contributed by atoms with Crippen LogP contribution in [-0.2, 0) is 0 Å². The average molecular weight is 334 g/mol. The van der Waals surface area contributed by atoms with Gasteiger partial charge >= 0.3 is 0 Å². The van der Waals surface area contributed by atoms with Crippen LogP contribution < -0.4 is 5.32 Å². The van der Waals surface area contributed by atoms with Gasteiger partial charge in [-0.15, -0.1) is 0 Å². The molecule has 0 radical (unpaired) electrons. The van der Waals surface area contributed by atoms with Crippen LogP contribution in [0.4, 0.5) is 0 Å². The molecule has 0 aliphatic carbocycles. The molecule has 0 saturated carbocycles. The molecule has 24 heavy (non-hydrogen) atoms. The van der Waals surface area contributed by atoms with Crippen LogP contribution in [0.15, 0.2) is 29.0 Å². The van der Waals surface area contributed by atoms with E-state index in [-0.39, 0.29) is 11.1 Å². The maximum absolute atomic E-state index is 4.49. The van der Waals surface area contributed by atoms with Crippen LogP contribution in [0.2, 0.25) is 0 Å². The summed E-state index contributed by atoms with van der Waals surface area (Å²) in [5.41, 5.74) is 3.55. The fourth-order valence-corrected chi connectivity index (χ4v) is 4.18. The number of allylic oxidation sites excluding steroid dienone is 3. The molecule has 1 aliphatic rings. The summed E-state index contributed by atoms with van der Waals surface area (Å²) in [7, 11) is 0. The first-order chi connectivity index (χ1) is 11.0. The summed E-state index contributed by atoms with van der Waals surface area (Å²) >= 11 is 0. The summed E-state index contributed by atoms with van der Waals surface area (Å²) in [6, 6.07) is 0.566. The van der Waals surface area contributed by atoms with Crippen LogP contribution in [-0.4, -0.2) is 34.3 Å². The number of unbranched alkanes of at least 4 members (excludes halogenated alkanes) is 1. The van der Waals surface area contributed by atoms with Gasteiger partial charge in [-0.2, -0.15) is 0 Å². The molecule has 0 unspecified atom stereocenters. The molecule has 0 aromatic carbocycles. The van der Waals surface area contributed by atoms with Crippen molar-refractivity contribution in [3.63, 3.8) is 0 Å². The highest BCUT2D eigenvalue weighted by Gasteiger charge is 2.39. The van der Waals surface area contributed by atoms with Crippen molar-refractivity contribution in [3.8, 4) is 0 Å². The minimum atomic E-state index is 0.165. The molecule has 1 saturated heterocycles. The Labute approximate surface area is 150 Å². The van der Waals surface area contributed by atoms with Gasteiger partial charge in [-0.25, -0.2) is 0 Å². The average Bonchev–Trinajstić information content (AvgIpc) is 2.33. The predicted octanol–water partition coefficient (Wildman–Crippen LogP) is 5.30. The lowest BCUT2D eigenvalue weighted by Crippen LogP contribution is -2.62. The molecule has 0 bridgehead atoms. The molecule has 3 nitrogen and oxygen atoms in total. The number of nitrogens with zero attached hydrogens (tertiary/aromatic N) is 2. The first kappa shape index (κ1) is 21.0. The smallest absolute Gasteiger partial charge is 0.0392 e. The topological polar surface area (TPSA) is 27.6 Å². The van der Waals surface area contributed by atoms with Crippen molar-refractivity contribution in [1.29, 1.82) is 0 Å². The number of hydrogen-bond acceptors (Lipinski definition) is 3. The summed E-state index contributed by atoms with van der Waals surface area (Å²) in [6.45, 7) is 22.8. The zero-order valence-electron chi connectivity index (χ0n) is 17.3. The first-order valence-corrected chi connectivity index (χ1v) is 9.41. The maximum atomic E-state index is 4.49. The Morgan fingerprint density at radius 3 is 2.17 bits per heavy atom. The van der Waals surface area contributed by atoms with Gasteiger partial charge in [0.25, 0.3) is 0 Å². The van der Waals surface area contributed by atoms with Crippen LogP contribution in [0.25, 0.3) is 0 Å². The van der Waals surface area contributed by atoms with Gasteiger partial charge in [0.1, 0.15) is 0 Å². The normalized spacial score (nSPS) is 21.7. The third-order valence-electron chi connectivity index (χ3n) is 4.60.